The van der Waals surface area contributed by atoms with E-state index in [4.69, 9.17) is 5.39 Å². The van der Waals surface area contributed by atoms with Crippen molar-refractivity contribution in [2.75, 3.05) is 7.11 Å². The minimum atomic E-state index is -0.0838. The van der Waals surface area contributed by atoms with Crippen LogP contribution in [0, 0.1) is 17.2 Å². The fourth-order valence-electron chi connectivity index (χ4n) is 1.64. The molecule has 1 N–H and O–H groups in total. The van der Waals surface area contributed by atoms with Crippen LogP contribution < -0.4 is 0 Å². The second-order valence-corrected chi connectivity index (χ2v) is 4.39. The van der Waals surface area contributed by atoms with Gasteiger partial charge in [0.1, 0.15) is 7.11 Å². The summed E-state index contributed by atoms with van der Waals surface area (Å²) in [5.41, 5.74) is 2.24. The molecule has 0 heterocycles. The van der Waals surface area contributed by atoms with Gasteiger partial charge in [-0.05, 0) is 25.5 Å². The molecule has 1 aromatic rings. The highest BCUT2D eigenvalue weighted by atomic mass is 16.6. The van der Waals surface area contributed by atoms with Gasteiger partial charge in [-0.3, -0.25) is 0 Å². The van der Waals surface area contributed by atoms with Crippen LogP contribution in [0.5, 0.6) is 0 Å². The Balaban J connectivity index is 2.92. The van der Waals surface area contributed by atoms with Gasteiger partial charge in [0.25, 0.3) is 0 Å². The van der Waals surface area contributed by atoms with E-state index < -0.39 is 0 Å². The summed E-state index contributed by atoms with van der Waals surface area (Å²) in [6.45, 7) is 3.39. The SMILES string of the molecule is CO/N=C(\C)CCC#Cc1ccccc1/C(O)=C(\C)[N+]#N. The first kappa shape index (κ1) is 16.3. The Kier molecular flexibility index (Phi) is 6.50. The summed E-state index contributed by atoms with van der Waals surface area (Å²) in [6.07, 6.45) is 1.36. The van der Waals surface area contributed by atoms with Crippen LogP contribution in [0.1, 0.15) is 37.8 Å². The first-order valence-electron chi connectivity index (χ1n) is 6.50. The lowest BCUT2D eigenvalue weighted by molar-refractivity contribution is 0.212. The molecule has 1 rings (SSSR count). The lowest BCUT2D eigenvalue weighted by Gasteiger charge is -2.00. The van der Waals surface area contributed by atoms with E-state index >= 15 is 0 Å². The summed E-state index contributed by atoms with van der Waals surface area (Å²) in [7, 11) is 1.51. The van der Waals surface area contributed by atoms with E-state index in [0.29, 0.717) is 17.5 Å². The lowest BCUT2D eigenvalue weighted by Crippen LogP contribution is -1.92. The molecule has 0 aliphatic carbocycles. The fourth-order valence-corrected chi connectivity index (χ4v) is 1.64. The number of allylic oxidation sites excluding steroid dienone is 1. The normalized spacial score (nSPS) is 11.8. The second-order valence-electron chi connectivity index (χ2n) is 4.39. The molecule has 5 heteroatoms. The van der Waals surface area contributed by atoms with E-state index in [2.05, 4.69) is 26.8 Å². The number of aliphatic hydroxyl groups is 1. The molecule has 0 atom stereocenters. The van der Waals surface area contributed by atoms with E-state index in [-0.39, 0.29) is 11.5 Å². The maximum atomic E-state index is 10.0. The van der Waals surface area contributed by atoms with Crippen molar-refractivity contribution in [1.29, 1.82) is 5.39 Å². The first-order valence-corrected chi connectivity index (χ1v) is 6.50. The molecule has 5 nitrogen and oxygen atoms in total. The Morgan fingerprint density at radius 2 is 2.10 bits per heavy atom. The van der Waals surface area contributed by atoms with Crippen LogP contribution in [0.4, 0.5) is 0 Å². The van der Waals surface area contributed by atoms with Gasteiger partial charge < -0.3 is 9.94 Å². The smallest absolute Gasteiger partial charge is 0.400 e. The zero-order chi connectivity index (χ0) is 15.7. The molecule has 0 amide bonds. The standard InChI is InChI=1S/C16H17N3O2/c1-12(19-21-3)8-4-5-9-14-10-6-7-11-15(14)16(20)13(2)18-17/h6-7,10-11H,4,8H2,1-3H3/p+1/b16-13-,19-12+. The number of rotatable bonds is 4. The number of nitrogens with zero attached hydrogens (tertiary/aromatic N) is 3. The first-order chi connectivity index (χ1) is 10.1. The van der Waals surface area contributed by atoms with Gasteiger partial charge >= 0.3 is 5.70 Å². The number of diazo groups is 1. The molecule has 0 aromatic heterocycles. The Labute approximate surface area is 124 Å². The maximum Gasteiger partial charge on any atom is 0.400 e. The van der Waals surface area contributed by atoms with Gasteiger partial charge in [0, 0.05) is 24.5 Å². The average molecular weight is 284 g/mol. The van der Waals surface area contributed by atoms with E-state index in [9.17, 15) is 5.11 Å². The van der Waals surface area contributed by atoms with E-state index in [1.807, 2.05) is 13.0 Å². The lowest BCUT2D eigenvalue weighted by atomic mass is 10.0. The zero-order valence-electron chi connectivity index (χ0n) is 12.4. The zero-order valence-corrected chi connectivity index (χ0v) is 12.4. The Hall–Kier alpha value is -2.79. The summed E-state index contributed by atoms with van der Waals surface area (Å²) in [5, 5.41) is 22.5. The molecular weight excluding hydrogens is 266 g/mol. The van der Waals surface area contributed by atoms with Crippen molar-refractivity contribution in [3.63, 3.8) is 0 Å². The van der Waals surface area contributed by atoms with Crippen molar-refractivity contribution in [1.82, 2.24) is 0 Å². The number of hydrogen-bond donors (Lipinski definition) is 1. The topological polar surface area (TPSA) is 70.0 Å². The van der Waals surface area contributed by atoms with Crippen LogP contribution in [0.2, 0.25) is 0 Å². The Bertz CT molecular complexity index is 658. The average Bonchev–Trinajstić information content (AvgIpc) is 2.50. The van der Waals surface area contributed by atoms with Crippen molar-refractivity contribution in [3.8, 4) is 11.8 Å². The summed E-state index contributed by atoms with van der Waals surface area (Å²) < 4.78 is 0. The quantitative estimate of drug-likeness (QED) is 0.299. The molecule has 1 aromatic carbocycles. The molecule has 0 saturated heterocycles. The van der Waals surface area contributed by atoms with Crippen molar-refractivity contribution in [2.24, 2.45) is 5.16 Å². The molecule has 0 saturated carbocycles. The summed E-state index contributed by atoms with van der Waals surface area (Å²) >= 11 is 0. The molecule has 0 fully saturated rings. The van der Waals surface area contributed by atoms with Gasteiger partial charge in [0.15, 0.2) is 4.98 Å². The second kappa shape index (κ2) is 8.39. The summed E-state index contributed by atoms with van der Waals surface area (Å²) in [6, 6.07) is 7.16. The minimum Gasteiger partial charge on any atom is -0.501 e. The third-order valence-corrected chi connectivity index (χ3v) is 2.76. The van der Waals surface area contributed by atoms with E-state index in [1.54, 1.807) is 18.2 Å². The van der Waals surface area contributed by atoms with Crippen LogP contribution in [-0.2, 0) is 4.84 Å². The molecule has 0 bridgehead atoms. The third kappa shape index (κ3) is 5.00. The molecule has 0 aliphatic rings. The molecular formula is C16H18N3O2+. The monoisotopic (exact) mass is 284 g/mol. The molecule has 0 aliphatic heterocycles. The predicted molar refractivity (Wildman–Crippen MR) is 83.0 cm³/mol. The van der Waals surface area contributed by atoms with Gasteiger partial charge in [0.2, 0.25) is 11.2 Å². The number of aliphatic hydroxyl groups excluding tert-OH is 1. The molecule has 0 radical (unpaired) electrons. The van der Waals surface area contributed by atoms with Gasteiger partial charge in [-0.1, -0.05) is 29.1 Å². The maximum absolute atomic E-state index is 10.0. The van der Waals surface area contributed by atoms with Gasteiger partial charge in [-0.15, -0.1) is 0 Å². The number of hydrogen-bond acceptors (Lipinski definition) is 4. The fraction of sp³-hybridized carbons (Fsp3) is 0.312. The van der Waals surface area contributed by atoms with Crippen LogP contribution >= 0.6 is 0 Å². The van der Waals surface area contributed by atoms with Gasteiger partial charge in [-0.2, -0.15) is 0 Å². The van der Waals surface area contributed by atoms with Crippen molar-refractivity contribution in [3.05, 3.63) is 46.1 Å². The molecule has 21 heavy (non-hydrogen) atoms. The number of oxime groups is 1. The summed E-state index contributed by atoms with van der Waals surface area (Å²) in [5.74, 6) is 5.95. The highest BCUT2D eigenvalue weighted by Crippen LogP contribution is 2.20. The molecule has 108 valence electrons. The number of benzene rings is 1. The van der Waals surface area contributed by atoms with Crippen molar-refractivity contribution < 1.29 is 9.94 Å². The largest absolute Gasteiger partial charge is 0.501 e. The Morgan fingerprint density at radius 3 is 2.76 bits per heavy atom. The predicted octanol–water partition coefficient (Wildman–Crippen LogP) is 3.94. The highest BCUT2D eigenvalue weighted by Gasteiger charge is 2.15. The van der Waals surface area contributed by atoms with Crippen LogP contribution in [0.15, 0.2) is 35.1 Å². The van der Waals surface area contributed by atoms with E-state index in [0.717, 1.165) is 12.1 Å². The van der Waals surface area contributed by atoms with Crippen molar-refractivity contribution in [2.45, 2.75) is 26.7 Å². The molecule has 0 unspecified atom stereocenters. The van der Waals surface area contributed by atoms with Crippen LogP contribution in [0.25, 0.3) is 10.7 Å². The summed E-state index contributed by atoms with van der Waals surface area (Å²) in [4.78, 5) is 7.67. The third-order valence-electron chi connectivity index (χ3n) is 2.76. The van der Waals surface area contributed by atoms with Crippen LogP contribution in [-0.4, -0.2) is 17.9 Å². The highest BCUT2D eigenvalue weighted by molar-refractivity contribution is 5.81. The van der Waals surface area contributed by atoms with Crippen LogP contribution in [0.3, 0.4) is 0 Å². The van der Waals surface area contributed by atoms with E-state index in [1.165, 1.54) is 14.0 Å². The minimum absolute atomic E-state index is 0.0838. The van der Waals surface area contributed by atoms with Gasteiger partial charge in [-0.25, -0.2) is 0 Å². The Morgan fingerprint density at radius 1 is 1.38 bits per heavy atom. The van der Waals surface area contributed by atoms with Crippen molar-refractivity contribution >= 4 is 11.5 Å². The van der Waals surface area contributed by atoms with Gasteiger partial charge in [0.05, 0.1) is 5.71 Å². The molecule has 0 spiro atoms.